The number of aromatic nitrogens is 1. The smallest absolute Gasteiger partial charge is 0.291 e. The Kier molecular flexibility index (Phi) is 4.48. The summed E-state index contributed by atoms with van der Waals surface area (Å²) in [4.78, 5) is 13.1. The van der Waals surface area contributed by atoms with Gasteiger partial charge in [-0.25, -0.2) is 0 Å². The highest BCUT2D eigenvalue weighted by Crippen LogP contribution is 2.44. The second kappa shape index (κ2) is 6.99. The molecule has 5 heteroatoms. The van der Waals surface area contributed by atoms with Gasteiger partial charge in [0.2, 0.25) is 0 Å². The molecule has 2 heterocycles. The summed E-state index contributed by atoms with van der Waals surface area (Å²) in [6.45, 7) is 9.10. The summed E-state index contributed by atoms with van der Waals surface area (Å²) in [5, 5.41) is 15.9. The van der Waals surface area contributed by atoms with E-state index in [0.29, 0.717) is 6.42 Å². The SMILES string of the molecule is CCn1c2ccccc2c2cc(NC(=O)c3oc4c(c3C)[C@H](O)CC(C)(C)C4)ccc21. The third-order valence-electron chi connectivity index (χ3n) is 6.54. The van der Waals surface area contributed by atoms with Gasteiger partial charge in [-0.1, -0.05) is 32.0 Å². The molecule has 31 heavy (non-hydrogen) atoms. The highest BCUT2D eigenvalue weighted by Gasteiger charge is 2.37. The van der Waals surface area contributed by atoms with Gasteiger partial charge in [0.05, 0.1) is 6.10 Å². The zero-order valence-corrected chi connectivity index (χ0v) is 18.5. The molecule has 0 unspecified atom stereocenters. The third kappa shape index (κ3) is 3.15. The molecule has 4 aromatic rings. The van der Waals surface area contributed by atoms with E-state index in [1.807, 2.05) is 31.2 Å². The van der Waals surface area contributed by atoms with E-state index >= 15 is 0 Å². The molecule has 2 aromatic heterocycles. The molecule has 0 radical (unpaired) electrons. The maximum Gasteiger partial charge on any atom is 0.291 e. The molecule has 0 saturated carbocycles. The van der Waals surface area contributed by atoms with Crippen molar-refractivity contribution < 1.29 is 14.3 Å². The van der Waals surface area contributed by atoms with Crippen molar-refractivity contribution in [3.05, 3.63) is 65.1 Å². The van der Waals surface area contributed by atoms with E-state index in [2.05, 4.69) is 48.9 Å². The summed E-state index contributed by atoms with van der Waals surface area (Å²) in [5.74, 6) is 0.737. The van der Waals surface area contributed by atoms with E-state index in [4.69, 9.17) is 4.42 Å². The van der Waals surface area contributed by atoms with Crippen LogP contribution in [0.3, 0.4) is 0 Å². The number of hydrogen-bond donors (Lipinski definition) is 2. The Labute approximate surface area is 181 Å². The molecule has 2 aromatic carbocycles. The van der Waals surface area contributed by atoms with E-state index in [0.717, 1.165) is 46.4 Å². The van der Waals surface area contributed by atoms with Crippen LogP contribution in [-0.2, 0) is 13.0 Å². The Morgan fingerprint density at radius 2 is 1.94 bits per heavy atom. The van der Waals surface area contributed by atoms with Gasteiger partial charge >= 0.3 is 0 Å². The Morgan fingerprint density at radius 1 is 1.19 bits per heavy atom. The standard InChI is InChI=1S/C26H28N2O3/c1-5-28-19-9-7-6-8-17(19)18-12-16(10-11-20(18)28)27-25(30)24-15(2)23-21(29)13-26(3,4)14-22(23)31-24/h6-12,21,29H,5,13-14H2,1-4H3,(H,27,30)/t21-/m1/s1. The fourth-order valence-electron chi connectivity index (χ4n) is 5.16. The monoisotopic (exact) mass is 416 g/mol. The number of para-hydroxylation sites is 1. The highest BCUT2D eigenvalue weighted by atomic mass is 16.4. The zero-order valence-electron chi connectivity index (χ0n) is 18.5. The van der Waals surface area contributed by atoms with Gasteiger partial charge in [-0.05, 0) is 49.9 Å². The van der Waals surface area contributed by atoms with Gasteiger partial charge in [-0.2, -0.15) is 0 Å². The largest absolute Gasteiger partial charge is 0.455 e. The van der Waals surface area contributed by atoms with Gasteiger partial charge in [0.1, 0.15) is 5.76 Å². The van der Waals surface area contributed by atoms with Crippen LogP contribution in [0.25, 0.3) is 21.8 Å². The molecule has 0 saturated heterocycles. The van der Waals surface area contributed by atoms with Crippen molar-refractivity contribution >= 4 is 33.4 Å². The van der Waals surface area contributed by atoms with Crippen LogP contribution in [0.4, 0.5) is 5.69 Å². The van der Waals surface area contributed by atoms with E-state index in [1.165, 1.54) is 10.9 Å². The first-order valence-corrected chi connectivity index (χ1v) is 10.9. The number of aliphatic hydroxyl groups excluding tert-OH is 1. The lowest BCUT2D eigenvalue weighted by Crippen LogP contribution is -2.24. The predicted octanol–water partition coefficient (Wildman–Crippen LogP) is 5.97. The Hall–Kier alpha value is -3.05. The third-order valence-corrected chi connectivity index (χ3v) is 6.54. The van der Waals surface area contributed by atoms with E-state index in [-0.39, 0.29) is 17.1 Å². The van der Waals surface area contributed by atoms with Crippen LogP contribution in [0.1, 0.15) is 60.7 Å². The summed E-state index contributed by atoms with van der Waals surface area (Å²) < 4.78 is 8.26. The second-order valence-electron chi connectivity index (χ2n) is 9.40. The second-order valence-corrected chi connectivity index (χ2v) is 9.40. The molecule has 2 N–H and O–H groups in total. The lowest BCUT2D eigenvalue weighted by Gasteiger charge is -2.31. The van der Waals surface area contributed by atoms with Crippen LogP contribution < -0.4 is 5.32 Å². The number of aryl methyl sites for hydroxylation is 1. The number of aliphatic hydroxyl groups is 1. The fourth-order valence-corrected chi connectivity index (χ4v) is 5.16. The number of hydrogen-bond acceptors (Lipinski definition) is 3. The van der Waals surface area contributed by atoms with Gasteiger partial charge in [0.25, 0.3) is 5.91 Å². The summed E-state index contributed by atoms with van der Waals surface area (Å²) >= 11 is 0. The molecule has 160 valence electrons. The number of nitrogens with one attached hydrogen (secondary N) is 1. The van der Waals surface area contributed by atoms with E-state index < -0.39 is 6.10 Å². The number of furan rings is 1. The maximum absolute atomic E-state index is 13.1. The number of fused-ring (bicyclic) bond motifs is 4. The van der Waals surface area contributed by atoms with Crippen LogP contribution in [0, 0.1) is 12.3 Å². The molecule has 0 fully saturated rings. The number of anilines is 1. The molecular formula is C26H28N2O3. The fraction of sp³-hybridized carbons (Fsp3) is 0.346. The summed E-state index contributed by atoms with van der Waals surface area (Å²) in [5.41, 5.74) is 4.53. The van der Waals surface area contributed by atoms with E-state index in [1.54, 1.807) is 0 Å². The molecular weight excluding hydrogens is 388 g/mol. The molecule has 1 atom stereocenters. The van der Waals surface area contributed by atoms with Crippen LogP contribution in [0.2, 0.25) is 0 Å². The first-order chi connectivity index (χ1) is 14.8. The number of rotatable bonds is 3. The molecule has 1 amide bonds. The van der Waals surface area contributed by atoms with Crippen molar-refractivity contribution in [2.75, 3.05) is 5.32 Å². The van der Waals surface area contributed by atoms with Gasteiger partial charge in [0.15, 0.2) is 5.76 Å². The van der Waals surface area contributed by atoms with Crippen molar-refractivity contribution in [1.29, 1.82) is 0 Å². The van der Waals surface area contributed by atoms with Crippen LogP contribution in [0.15, 0.2) is 46.9 Å². The Balaban J connectivity index is 1.51. The quantitative estimate of drug-likeness (QED) is 0.432. The van der Waals surface area contributed by atoms with Crippen molar-refractivity contribution in [3.63, 3.8) is 0 Å². The zero-order chi connectivity index (χ0) is 21.9. The van der Waals surface area contributed by atoms with E-state index in [9.17, 15) is 9.90 Å². The predicted molar refractivity (Wildman–Crippen MR) is 124 cm³/mol. The summed E-state index contributed by atoms with van der Waals surface area (Å²) in [7, 11) is 0. The van der Waals surface area contributed by atoms with Crippen molar-refractivity contribution in [2.45, 2.75) is 53.2 Å². The average Bonchev–Trinajstić information content (AvgIpc) is 3.21. The average molecular weight is 417 g/mol. The summed E-state index contributed by atoms with van der Waals surface area (Å²) in [6.07, 6.45) is 0.788. The Bertz CT molecular complexity index is 1330. The lowest BCUT2D eigenvalue weighted by atomic mass is 9.75. The van der Waals surface area contributed by atoms with Crippen molar-refractivity contribution in [3.8, 4) is 0 Å². The minimum Gasteiger partial charge on any atom is -0.455 e. The maximum atomic E-state index is 13.1. The van der Waals surface area contributed by atoms with Gasteiger partial charge in [-0.3, -0.25) is 4.79 Å². The summed E-state index contributed by atoms with van der Waals surface area (Å²) in [6, 6.07) is 14.3. The number of carbonyl (C=O) groups excluding carboxylic acids is 1. The van der Waals surface area contributed by atoms with Crippen LogP contribution >= 0.6 is 0 Å². The molecule has 0 aliphatic heterocycles. The van der Waals surface area contributed by atoms with Crippen molar-refractivity contribution in [2.24, 2.45) is 5.41 Å². The topological polar surface area (TPSA) is 67.4 Å². The number of nitrogens with zero attached hydrogens (tertiary/aromatic N) is 1. The molecule has 0 bridgehead atoms. The first kappa shape index (κ1) is 19.9. The van der Waals surface area contributed by atoms with Crippen LogP contribution in [0.5, 0.6) is 0 Å². The lowest BCUT2D eigenvalue weighted by molar-refractivity contribution is 0.0910. The van der Waals surface area contributed by atoms with Crippen molar-refractivity contribution in [1.82, 2.24) is 4.57 Å². The van der Waals surface area contributed by atoms with Gasteiger partial charge in [-0.15, -0.1) is 0 Å². The van der Waals surface area contributed by atoms with Gasteiger partial charge < -0.3 is 19.4 Å². The Morgan fingerprint density at radius 3 is 2.71 bits per heavy atom. The molecule has 1 aliphatic carbocycles. The highest BCUT2D eigenvalue weighted by molar-refractivity contribution is 6.11. The number of amides is 1. The van der Waals surface area contributed by atoms with Crippen LogP contribution in [-0.4, -0.2) is 15.6 Å². The normalized spacial score (nSPS) is 17.8. The number of benzene rings is 2. The molecule has 0 spiro atoms. The minimum atomic E-state index is -0.597. The molecule has 5 nitrogen and oxygen atoms in total. The number of carbonyl (C=O) groups is 1. The molecule has 5 rings (SSSR count). The minimum absolute atomic E-state index is 0.0526. The molecule has 1 aliphatic rings. The first-order valence-electron chi connectivity index (χ1n) is 10.9. The van der Waals surface area contributed by atoms with Gasteiger partial charge in [0, 0.05) is 51.6 Å².